The fourth-order valence-electron chi connectivity index (χ4n) is 4.35. The van der Waals surface area contributed by atoms with E-state index >= 15 is 0 Å². The second-order valence-corrected chi connectivity index (χ2v) is 9.13. The van der Waals surface area contributed by atoms with Gasteiger partial charge in [-0.2, -0.15) is 27.1 Å². The minimum atomic E-state index is -4.95. The summed E-state index contributed by atoms with van der Waals surface area (Å²) in [5.41, 5.74) is -1.87. The van der Waals surface area contributed by atoms with Gasteiger partial charge in [0.15, 0.2) is 0 Å². The molecule has 14 heteroatoms. The van der Waals surface area contributed by atoms with Crippen molar-refractivity contribution in [2.75, 3.05) is 5.32 Å². The van der Waals surface area contributed by atoms with Crippen molar-refractivity contribution in [1.29, 1.82) is 0 Å². The highest BCUT2D eigenvalue weighted by atomic mass is 35.5. The molecule has 0 saturated heterocycles. The van der Waals surface area contributed by atoms with E-state index in [1.165, 1.54) is 18.2 Å². The van der Waals surface area contributed by atoms with Gasteiger partial charge in [-0.3, -0.25) is 9.59 Å². The molecule has 0 fully saturated rings. The van der Waals surface area contributed by atoms with Crippen molar-refractivity contribution in [2.45, 2.75) is 18.8 Å². The van der Waals surface area contributed by atoms with Crippen molar-refractivity contribution in [3.63, 3.8) is 0 Å². The molecule has 2 amide bonds. The summed E-state index contributed by atoms with van der Waals surface area (Å²) < 4.78 is 94.3. The summed E-state index contributed by atoms with van der Waals surface area (Å²) >= 11 is 6.25. The lowest BCUT2D eigenvalue weighted by Gasteiger charge is -2.19. The molecule has 4 aromatic rings. The van der Waals surface area contributed by atoms with E-state index < -0.39 is 53.3 Å². The number of nitrogens with zero attached hydrogens (tertiary/aromatic N) is 2. The molecule has 2 heterocycles. The third-order valence-corrected chi connectivity index (χ3v) is 6.47. The third kappa shape index (κ3) is 5.11. The molecule has 0 saturated carbocycles. The van der Waals surface area contributed by atoms with Gasteiger partial charge in [-0.05, 0) is 54.1 Å². The number of rotatable bonds is 5. The maximum Gasteiger partial charge on any atom is 0.416 e. The number of fused-ring (bicyclic) bond motifs is 1. The Morgan fingerprint density at radius 2 is 1.77 bits per heavy atom. The molecule has 1 atom stereocenters. The predicted molar refractivity (Wildman–Crippen MR) is 129 cm³/mol. The minimum Gasteiger partial charge on any atom is -0.341 e. The highest BCUT2D eigenvalue weighted by Gasteiger charge is 2.36. The molecule has 206 valence electrons. The number of halogens is 8. The zero-order valence-electron chi connectivity index (χ0n) is 19.7. The Hall–Kier alpha value is -4.39. The Kier molecular flexibility index (Phi) is 6.78. The lowest BCUT2D eigenvalue weighted by molar-refractivity contribution is -0.137. The number of carbonyl (C=O) groups excluding carboxylic acids is 2. The fourth-order valence-corrected chi connectivity index (χ4v) is 4.57. The second kappa shape index (κ2) is 9.97. The average molecular weight is 583 g/mol. The quantitative estimate of drug-likeness (QED) is 0.249. The zero-order chi connectivity index (χ0) is 28.9. The van der Waals surface area contributed by atoms with E-state index in [0.717, 1.165) is 24.5 Å². The van der Waals surface area contributed by atoms with Crippen molar-refractivity contribution in [1.82, 2.24) is 15.1 Å². The number of hydrogen-bond donors (Lipinski definition) is 2. The van der Waals surface area contributed by atoms with Crippen molar-refractivity contribution >= 4 is 29.1 Å². The first-order valence-corrected chi connectivity index (χ1v) is 11.6. The normalized spacial score (nSPS) is 14.8. The van der Waals surface area contributed by atoms with Crippen LogP contribution in [0.1, 0.15) is 50.0 Å². The summed E-state index contributed by atoms with van der Waals surface area (Å²) in [6.45, 7) is -2.97. The molecule has 6 nitrogen and oxygen atoms in total. The van der Waals surface area contributed by atoms with Crippen LogP contribution in [0, 0.1) is 11.6 Å². The Morgan fingerprint density at radius 1 is 1.02 bits per heavy atom. The SMILES string of the molecule is O=C(Nc1cc(-c2cnn(C(F)F)c2)cc2c1[C@H](c1cc(F)ccc1Cl)NC2=O)c1cc(F)cc(C(F)(F)F)c1. The molecule has 1 aromatic heterocycles. The summed E-state index contributed by atoms with van der Waals surface area (Å²) in [5.74, 6) is -3.87. The van der Waals surface area contributed by atoms with E-state index in [0.29, 0.717) is 16.8 Å². The minimum absolute atomic E-state index is 0.0547. The van der Waals surface area contributed by atoms with Crippen LogP contribution in [0.2, 0.25) is 5.02 Å². The van der Waals surface area contributed by atoms with E-state index in [9.17, 15) is 40.3 Å². The van der Waals surface area contributed by atoms with Crippen LogP contribution in [0.25, 0.3) is 11.1 Å². The molecule has 5 rings (SSSR count). The predicted octanol–water partition coefficient (Wildman–Crippen LogP) is 6.98. The number of aromatic nitrogens is 2. The Morgan fingerprint density at radius 3 is 2.45 bits per heavy atom. The highest BCUT2D eigenvalue weighted by molar-refractivity contribution is 6.31. The van der Waals surface area contributed by atoms with Crippen LogP contribution in [0.4, 0.5) is 36.4 Å². The van der Waals surface area contributed by atoms with E-state index in [-0.39, 0.29) is 44.6 Å². The lowest BCUT2D eigenvalue weighted by Crippen LogP contribution is -2.21. The van der Waals surface area contributed by atoms with Gasteiger partial charge >= 0.3 is 12.7 Å². The number of anilines is 1. The molecule has 0 unspecified atom stereocenters. The Balaban J connectivity index is 1.66. The third-order valence-electron chi connectivity index (χ3n) is 6.13. The van der Waals surface area contributed by atoms with Crippen molar-refractivity contribution in [3.8, 4) is 11.1 Å². The van der Waals surface area contributed by atoms with E-state index in [4.69, 9.17) is 11.6 Å². The second-order valence-electron chi connectivity index (χ2n) is 8.72. The molecule has 3 aromatic carbocycles. The lowest BCUT2D eigenvalue weighted by atomic mass is 9.93. The van der Waals surface area contributed by atoms with Gasteiger partial charge in [0.05, 0.1) is 17.8 Å². The van der Waals surface area contributed by atoms with E-state index in [1.54, 1.807) is 0 Å². The Bertz CT molecular complexity index is 1670. The van der Waals surface area contributed by atoms with Crippen molar-refractivity contribution in [2.24, 2.45) is 0 Å². The van der Waals surface area contributed by atoms with E-state index in [1.807, 2.05) is 0 Å². The number of alkyl halides is 5. The molecule has 0 radical (unpaired) electrons. The standard InChI is InChI=1S/C26H14ClF7N4O2/c27-19-2-1-15(28)8-17(19)22-21-18(24(40)37-22)5-11(13-9-35-38(10-13)25(30)31)6-20(21)36-23(39)12-3-14(26(32,33)34)7-16(29)4-12/h1-10,22,25H,(H,36,39)(H,37,40)/t22-/m0/s1. The smallest absolute Gasteiger partial charge is 0.341 e. The summed E-state index contributed by atoms with van der Waals surface area (Å²) in [7, 11) is 0. The molecule has 0 spiro atoms. The number of carbonyl (C=O) groups is 2. The molecule has 1 aliphatic heterocycles. The number of hydrogen-bond acceptors (Lipinski definition) is 3. The summed E-state index contributed by atoms with van der Waals surface area (Å²) in [6.07, 6.45) is -2.89. The van der Waals surface area contributed by atoms with Crippen molar-refractivity contribution in [3.05, 3.63) is 105 Å². The van der Waals surface area contributed by atoms with Crippen LogP contribution in [-0.4, -0.2) is 21.6 Å². The molecular weight excluding hydrogens is 569 g/mol. The highest BCUT2D eigenvalue weighted by Crippen LogP contribution is 2.42. The fraction of sp³-hybridized carbons (Fsp3) is 0.115. The van der Waals surface area contributed by atoms with Crippen LogP contribution >= 0.6 is 11.6 Å². The molecule has 0 bridgehead atoms. The first-order valence-electron chi connectivity index (χ1n) is 11.3. The van der Waals surface area contributed by atoms with Gasteiger partial charge in [0.25, 0.3) is 11.8 Å². The van der Waals surface area contributed by atoms with Crippen LogP contribution < -0.4 is 10.6 Å². The first-order chi connectivity index (χ1) is 18.8. The summed E-state index contributed by atoms with van der Waals surface area (Å²) in [4.78, 5) is 26.1. The van der Waals surface area contributed by atoms with Crippen LogP contribution in [0.5, 0.6) is 0 Å². The van der Waals surface area contributed by atoms with Gasteiger partial charge in [-0.15, -0.1) is 0 Å². The van der Waals surface area contributed by atoms with Gasteiger partial charge in [0.1, 0.15) is 11.6 Å². The number of amides is 2. The summed E-state index contributed by atoms with van der Waals surface area (Å²) in [5, 5.41) is 8.58. The van der Waals surface area contributed by atoms with Gasteiger partial charge < -0.3 is 10.6 Å². The zero-order valence-corrected chi connectivity index (χ0v) is 20.4. The van der Waals surface area contributed by atoms with Crippen molar-refractivity contribution < 1.29 is 40.3 Å². The first kappa shape index (κ1) is 27.2. The van der Waals surface area contributed by atoms with E-state index in [2.05, 4.69) is 15.7 Å². The topological polar surface area (TPSA) is 76.0 Å². The van der Waals surface area contributed by atoms with Gasteiger partial charge in [-0.1, -0.05) is 11.6 Å². The Labute approximate surface area is 225 Å². The largest absolute Gasteiger partial charge is 0.416 e. The van der Waals surface area contributed by atoms with Crippen LogP contribution in [-0.2, 0) is 6.18 Å². The van der Waals surface area contributed by atoms with Gasteiger partial charge in [0.2, 0.25) is 0 Å². The molecular formula is C26H14ClF7N4O2. The number of nitrogens with one attached hydrogen (secondary N) is 2. The molecule has 2 N–H and O–H groups in total. The van der Waals surface area contributed by atoms with Gasteiger partial charge in [-0.25, -0.2) is 13.5 Å². The summed E-state index contributed by atoms with van der Waals surface area (Å²) in [6, 6.07) is 6.11. The average Bonchev–Trinajstić information content (AvgIpc) is 3.50. The van der Waals surface area contributed by atoms with Gasteiger partial charge in [0, 0.05) is 44.7 Å². The molecule has 0 aliphatic carbocycles. The molecule has 40 heavy (non-hydrogen) atoms. The van der Waals surface area contributed by atoms with Crippen LogP contribution in [0.3, 0.4) is 0 Å². The monoisotopic (exact) mass is 582 g/mol. The van der Waals surface area contributed by atoms with Crippen LogP contribution in [0.15, 0.2) is 60.9 Å². The maximum atomic E-state index is 14.1. The molecule has 1 aliphatic rings. The maximum absolute atomic E-state index is 14.1. The number of benzene rings is 3.